The normalized spacial score (nSPS) is 19.0. The van der Waals surface area contributed by atoms with Gasteiger partial charge < -0.3 is 4.57 Å². The van der Waals surface area contributed by atoms with Gasteiger partial charge in [0.1, 0.15) is 23.8 Å². The molecule has 1 unspecified atom stereocenters. The van der Waals surface area contributed by atoms with Crippen LogP contribution in [0.2, 0.25) is 0 Å². The summed E-state index contributed by atoms with van der Waals surface area (Å²) in [7, 11) is -2.10. The Bertz CT molecular complexity index is 817. The molecule has 0 amide bonds. The van der Waals surface area contributed by atoms with E-state index in [-0.39, 0.29) is 10.9 Å². The third-order valence-electron chi connectivity index (χ3n) is 4.27. The van der Waals surface area contributed by atoms with E-state index in [4.69, 9.17) is 0 Å². The van der Waals surface area contributed by atoms with Crippen LogP contribution in [0.3, 0.4) is 0 Å². The van der Waals surface area contributed by atoms with Crippen molar-refractivity contribution in [1.82, 2.24) is 19.1 Å². The molecular formula is C15H18F2N4O2S. The fourth-order valence-electron chi connectivity index (χ4n) is 3.06. The molecule has 1 aromatic heterocycles. The van der Waals surface area contributed by atoms with E-state index in [1.807, 2.05) is 7.05 Å². The Morgan fingerprint density at radius 1 is 1.25 bits per heavy atom. The Morgan fingerprint density at radius 2 is 1.96 bits per heavy atom. The number of nitrogens with zero attached hydrogens (tertiary/aromatic N) is 4. The number of hydrogen-bond acceptors (Lipinski definition) is 4. The van der Waals surface area contributed by atoms with Gasteiger partial charge in [0.15, 0.2) is 0 Å². The van der Waals surface area contributed by atoms with Crippen molar-refractivity contribution in [1.29, 1.82) is 0 Å². The predicted molar refractivity (Wildman–Crippen MR) is 82.6 cm³/mol. The monoisotopic (exact) mass is 356 g/mol. The maximum atomic E-state index is 13.4. The summed E-state index contributed by atoms with van der Waals surface area (Å²) in [6.45, 7) is 0.351. The van der Waals surface area contributed by atoms with Crippen molar-refractivity contribution in [2.45, 2.75) is 36.6 Å². The van der Waals surface area contributed by atoms with E-state index in [0.29, 0.717) is 25.5 Å². The standard InChI is InChI=1S/C15H18F2N4O2S/c1-20-10-18-19-15(20)5-4-13-3-2-6-21(13)24(22,23)14-8-11(16)7-12(17)9-14/h7-10,13H,2-6H2,1H3. The fraction of sp³-hybridized carbons (Fsp3) is 0.467. The van der Waals surface area contributed by atoms with Gasteiger partial charge in [0.2, 0.25) is 10.0 Å². The quantitative estimate of drug-likeness (QED) is 0.820. The molecule has 0 spiro atoms. The molecule has 0 N–H and O–H groups in total. The average Bonchev–Trinajstić information content (AvgIpc) is 3.13. The van der Waals surface area contributed by atoms with Gasteiger partial charge in [-0.05, 0) is 31.4 Å². The minimum atomic E-state index is -3.92. The first kappa shape index (κ1) is 17.0. The molecule has 0 saturated carbocycles. The average molecular weight is 356 g/mol. The number of rotatable bonds is 5. The zero-order valence-electron chi connectivity index (χ0n) is 13.2. The van der Waals surface area contributed by atoms with Gasteiger partial charge in [-0.2, -0.15) is 4.31 Å². The molecule has 1 aliphatic heterocycles. The first-order chi connectivity index (χ1) is 11.4. The summed E-state index contributed by atoms with van der Waals surface area (Å²) in [5.74, 6) is -1.03. The zero-order chi connectivity index (χ0) is 17.3. The summed E-state index contributed by atoms with van der Waals surface area (Å²) in [5.41, 5.74) is 0. The molecule has 1 saturated heterocycles. The van der Waals surface area contributed by atoms with Crippen molar-refractivity contribution in [2.24, 2.45) is 7.05 Å². The highest BCUT2D eigenvalue weighted by Gasteiger charge is 2.35. The summed E-state index contributed by atoms with van der Waals surface area (Å²) < 4.78 is 55.4. The van der Waals surface area contributed by atoms with E-state index in [2.05, 4.69) is 10.2 Å². The van der Waals surface area contributed by atoms with Crippen molar-refractivity contribution in [2.75, 3.05) is 6.54 Å². The van der Waals surface area contributed by atoms with Crippen LogP contribution in [0.15, 0.2) is 29.4 Å². The molecular weight excluding hydrogens is 338 g/mol. The first-order valence-corrected chi connectivity index (χ1v) is 9.13. The molecule has 3 rings (SSSR count). The highest BCUT2D eigenvalue weighted by Crippen LogP contribution is 2.29. The molecule has 130 valence electrons. The summed E-state index contributed by atoms with van der Waals surface area (Å²) in [6, 6.07) is 2.17. The Kier molecular flexibility index (Phi) is 4.64. The van der Waals surface area contributed by atoms with Crippen LogP contribution < -0.4 is 0 Å². The molecule has 2 aromatic rings. The van der Waals surface area contributed by atoms with Crippen molar-refractivity contribution in [3.8, 4) is 0 Å². The molecule has 1 aromatic carbocycles. The molecule has 6 nitrogen and oxygen atoms in total. The summed E-state index contributed by atoms with van der Waals surface area (Å²) in [6.07, 6.45) is 4.21. The van der Waals surface area contributed by atoms with Crippen molar-refractivity contribution in [3.63, 3.8) is 0 Å². The number of halogens is 2. The van der Waals surface area contributed by atoms with E-state index < -0.39 is 21.7 Å². The lowest BCUT2D eigenvalue weighted by molar-refractivity contribution is 0.367. The maximum Gasteiger partial charge on any atom is 0.243 e. The van der Waals surface area contributed by atoms with Gasteiger partial charge in [0, 0.05) is 32.1 Å². The molecule has 1 atom stereocenters. The van der Waals surface area contributed by atoms with E-state index >= 15 is 0 Å². The second-order valence-corrected chi connectivity index (χ2v) is 7.80. The van der Waals surface area contributed by atoms with Gasteiger partial charge in [-0.1, -0.05) is 0 Å². The van der Waals surface area contributed by atoms with Crippen molar-refractivity contribution in [3.05, 3.63) is 42.0 Å². The lowest BCUT2D eigenvalue weighted by atomic mass is 10.1. The first-order valence-electron chi connectivity index (χ1n) is 7.69. The Balaban J connectivity index is 1.80. The topological polar surface area (TPSA) is 68.1 Å². The van der Waals surface area contributed by atoms with Crippen LogP contribution in [-0.4, -0.2) is 40.1 Å². The molecule has 0 bridgehead atoms. The molecule has 0 radical (unpaired) electrons. The number of hydrogen-bond donors (Lipinski definition) is 0. The Hall–Kier alpha value is -1.87. The van der Waals surface area contributed by atoms with Crippen LogP contribution in [0.1, 0.15) is 25.1 Å². The number of sulfonamides is 1. The van der Waals surface area contributed by atoms with Crippen molar-refractivity contribution >= 4 is 10.0 Å². The molecule has 1 aliphatic rings. The number of aromatic nitrogens is 3. The number of benzene rings is 1. The summed E-state index contributed by atoms with van der Waals surface area (Å²) in [4.78, 5) is -0.342. The lowest BCUT2D eigenvalue weighted by Crippen LogP contribution is -2.36. The maximum absolute atomic E-state index is 13.4. The van der Waals surface area contributed by atoms with E-state index in [9.17, 15) is 17.2 Å². The van der Waals surface area contributed by atoms with Crippen LogP contribution in [0.5, 0.6) is 0 Å². The largest absolute Gasteiger partial charge is 0.321 e. The Labute approximate surface area is 139 Å². The minimum Gasteiger partial charge on any atom is -0.321 e. The second-order valence-electron chi connectivity index (χ2n) is 5.91. The van der Waals surface area contributed by atoms with Gasteiger partial charge >= 0.3 is 0 Å². The van der Waals surface area contributed by atoms with E-state index in [1.54, 1.807) is 10.9 Å². The lowest BCUT2D eigenvalue weighted by Gasteiger charge is -2.24. The zero-order valence-corrected chi connectivity index (χ0v) is 14.0. The van der Waals surface area contributed by atoms with Gasteiger partial charge in [0.25, 0.3) is 0 Å². The van der Waals surface area contributed by atoms with Gasteiger partial charge in [-0.3, -0.25) is 0 Å². The third-order valence-corrected chi connectivity index (χ3v) is 6.20. The number of aryl methyl sites for hydroxylation is 2. The van der Waals surface area contributed by atoms with Crippen LogP contribution >= 0.6 is 0 Å². The molecule has 24 heavy (non-hydrogen) atoms. The van der Waals surface area contributed by atoms with Crippen molar-refractivity contribution < 1.29 is 17.2 Å². The fourth-order valence-corrected chi connectivity index (χ4v) is 4.82. The minimum absolute atomic E-state index is 0.210. The van der Waals surface area contributed by atoms with Crippen LogP contribution in [0, 0.1) is 11.6 Å². The second kappa shape index (κ2) is 6.56. The van der Waals surface area contributed by atoms with Gasteiger partial charge in [-0.15, -0.1) is 10.2 Å². The van der Waals surface area contributed by atoms with Crippen LogP contribution in [0.25, 0.3) is 0 Å². The van der Waals surface area contributed by atoms with E-state index in [1.165, 1.54) is 4.31 Å². The molecule has 2 heterocycles. The summed E-state index contributed by atoms with van der Waals surface area (Å²) in [5, 5.41) is 7.79. The van der Waals surface area contributed by atoms with Gasteiger partial charge in [0.05, 0.1) is 4.90 Å². The predicted octanol–water partition coefficient (Wildman–Crippen LogP) is 1.88. The molecule has 0 aliphatic carbocycles. The van der Waals surface area contributed by atoms with E-state index in [0.717, 1.165) is 30.8 Å². The summed E-state index contributed by atoms with van der Waals surface area (Å²) >= 11 is 0. The third kappa shape index (κ3) is 3.32. The van der Waals surface area contributed by atoms with Crippen LogP contribution in [-0.2, 0) is 23.5 Å². The highest BCUT2D eigenvalue weighted by molar-refractivity contribution is 7.89. The Morgan fingerprint density at radius 3 is 2.58 bits per heavy atom. The molecule has 9 heteroatoms. The smallest absolute Gasteiger partial charge is 0.243 e. The molecule has 1 fully saturated rings. The van der Waals surface area contributed by atoms with Gasteiger partial charge in [-0.25, -0.2) is 17.2 Å². The SMILES string of the molecule is Cn1cnnc1CCC1CCCN1S(=O)(=O)c1cc(F)cc(F)c1. The van der Waals surface area contributed by atoms with Crippen LogP contribution in [0.4, 0.5) is 8.78 Å². The highest BCUT2D eigenvalue weighted by atomic mass is 32.2.